The topological polar surface area (TPSA) is 88.2 Å². The quantitative estimate of drug-likeness (QED) is 0.119. The van der Waals surface area contributed by atoms with Crippen LogP contribution in [0.2, 0.25) is 0 Å². The van der Waals surface area contributed by atoms with Gasteiger partial charge in [0.05, 0.1) is 22.5 Å². The molecule has 4 aromatic carbocycles. The molecule has 2 atom stereocenters. The Morgan fingerprint density at radius 2 is 1.44 bits per heavy atom. The molecule has 3 aliphatic heterocycles. The van der Waals surface area contributed by atoms with E-state index in [1.807, 2.05) is 68.4 Å². The smallest absolute Gasteiger partial charge is 0.335 e. The average molecular weight is 754 g/mol. The van der Waals surface area contributed by atoms with Gasteiger partial charge in [-0.05, 0) is 107 Å². The molecule has 244 valence electrons. The SMILES string of the molecule is COc1cc(/C=C2\C(=O)NC(=O)N(c3cc4c5c(c3)[C@H](c3ccccc3)CCN5CC[C@H]4c3ccccc3)C2=O)cc(I)c1OC(C)C. The molecule has 1 saturated heterocycles. The average Bonchev–Trinajstić information content (AvgIpc) is 3.08. The van der Waals surface area contributed by atoms with E-state index < -0.39 is 17.8 Å². The van der Waals surface area contributed by atoms with E-state index in [9.17, 15) is 14.4 Å². The molecule has 3 aliphatic rings. The fourth-order valence-electron chi connectivity index (χ4n) is 7.20. The number of anilines is 2. The first-order chi connectivity index (χ1) is 23.2. The molecule has 0 spiro atoms. The van der Waals surface area contributed by atoms with E-state index >= 15 is 0 Å². The second-order valence-electron chi connectivity index (χ2n) is 12.6. The number of imide groups is 2. The number of barbiturate groups is 1. The summed E-state index contributed by atoms with van der Waals surface area (Å²) in [6, 6.07) is 27.5. The predicted octanol–water partition coefficient (Wildman–Crippen LogP) is 7.63. The fraction of sp³-hybridized carbons (Fsp3) is 0.256. The van der Waals surface area contributed by atoms with Crippen LogP contribution in [-0.4, -0.2) is 44.1 Å². The summed E-state index contributed by atoms with van der Waals surface area (Å²) in [5.41, 5.74) is 6.62. The molecule has 9 heteroatoms. The molecule has 3 heterocycles. The Bertz CT molecular complexity index is 1870. The van der Waals surface area contributed by atoms with Crippen molar-refractivity contribution >= 4 is 57.9 Å². The van der Waals surface area contributed by atoms with Crippen LogP contribution in [0, 0.1) is 3.57 Å². The second kappa shape index (κ2) is 13.1. The minimum absolute atomic E-state index is 0.0706. The molecule has 0 saturated carbocycles. The first-order valence-corrected chi connectivity index (χ1v) is 17.3. The number of urea groups is 1. The van der Waals surface area contributed by atoms with Crippen molar-refractivity contribution in [3.05, 3.63) is 122 Å². The molecule has 0 aliphatic carbocycles. The van der Waals surface area contributed by atoms with Crippen LogP contribution in [0.15, 0.2) is 90.5 Å². The molecular formula is C39H36IN3O5. The lowest BCUT2D eigenvalue weighted by molar-refractivity contribution is -0.122. The van der Waals surface area contributed by atoms with Gasteiger partial charge in [0.15, 0.2) is 11.5 Å². The highest BCUT2D eigenvalue weighted by molar-refractivity contribution is 14.1. The molecule has 0 aromatic heterocycles. The Morgan fingerprint density at radius 1 is 0.854 bits per heavy atom. The molecule has 4 amide bonds. The molecule has 8 nitrogen and oxygen atoms in total. The van der Waals surface area contributed by atoms with Gasteiger partial charge in [-0.15, -0.1) is 0 Å². The summed E-state index contributed by atoms with van der Waals surface area (Å²) in [4.78, 5) is 44.6. The van der Waals surface area contributed by atoms with Crippen LogP contribution in [0.1, 0.15) is 66.3 Å². The molecule has 1 fully saturated rings. The monoisotopic (exact) mass is 753 g/mol. The first-order valence-electron chi connectivity index (χ1n) is 16.2. The number of amides is 4. The van der Waals surface area contributed by atoms with Crippen molar-refractivity contribution in [1.29, 1.82) is 0 Å². The number of nitrogens with one attached hydrogen (secondary N) is 1. The van der Waals surface area contributed by atoms with Crippen molar-refractivity contribution in [2.24, 2.45) is 0 Å². The van der Waals surface area contributed by atoms with Gasteiger partial charge in [0.25, 0.3) is 11.8 Å². The van der Waals surface area contributed by atoms with Gasteiger partial charge in [0.2, 0.25) is 0 Å². The maximum atomic E-state index is 14.3. The number of carbonyl (C=O) groups is 3. The Balaban J connectivity index is 1.35. The fourth-order valence-corrected chi connectivity index (χ4v) is 7.95. The van der Waals surface area contributed by atoms with Crippen molar-refractivity contribution in [2.45, 2.75) is 44.6 Å². The third-order valence-corrected chi connectivity index (χ3v) is 10.1. The molecule has 7 rings (SSSR count). The Morgan fingerprint density at radius 3 is 1.98 bits per heavy atom. The molecule has 0 radical (unpaired) electrons. The van der Waals surface area contributed by atoms with Crippen molar-refractivity contribution in [3.8, 4) is 11.5 Å². The Labute approximate surface area is 293 Å². The summed E-state index contributed by atoms with van der Waals surface area (Å²) >= 11 is 2.15. The summed E-state index contributed by atoms with van der Waals surface area (Å²) < 4.78 is 12.3. The van der Waals surface area contributed by atoms with Crippen molar-refractivity contribution < 1.29 is 23.9 Å². The van der Waals surface area contributed by atoms with Crippen LogP contribution in [0.5, 0.6) is 11.5 Å². The van der Waals surface area contributed by atoms with Gasteiger partial charge < -0.3 is 14.4 Å². The molecule has 1 N–H and O–H groups in total. The number of hydrogen-bond donors (Lipinski definition) is 1. The standard InChI is InChI=1S/C39H36IN3O5/c1-23(2)48-36-33(40)19-24(20-34(36)47-3)18-32-37(44)41-39(46)43(38(32)45)27-21-30-28(25-10-6-4-7-11-25)14-16-42-17-15-29(31(22-27)35(30)42)26-12-8-5-9-13-26/h4-13,18-23,28-29H,14-17H2,1-3H3,(H,41,44,46)/b32-18+/t28-,29-/m0/s1. The van der Waals surface area contributed by atoms with Gasteiger partial charge in [0, 0.05) is 30.6 Å². The number of benzene rings is 4. The van der Waals surface area contributed by atoms with Crippen molar-refractivity contribution in [1.82, 2.24) is 5.32 Å². The molecular weight excluding hydrogens is 717 g/mol. The largest absolute Gasteiger partial charge is 0.493 e. The first kappa shape index (κ1) is 31.9. The molecule has 48 heavy (non-hydrogen) atoms. The van der Waals surface area contributed by atoms with E-state index in [1.165, 1.54) is 22.9 Å². The number of nitrogens with zero attached hydrogens (tertiary/aromatic N) is 2. The summed E-state index contributed by atoms with van der Waals surface area (Å²) in [5, 5.41) is 2.43. The third-order valence-electron chi connectivity index (χ3n) is 9.28. The van der Waals surface area contributed by atoms with Crippen molar-refractivity contribution in [2.75, 3.05) is 30.0 Å². The highest BCUT2D eigenvalue weighted by atomic mass is 127. The summed E-state index contributed by atoms with van der Waals surface area (Å²) in [6.07, 6.45) is 3.26. The van der Waals surface area contributed by atoms with Crippen molar-refractivity contribution in [3.63, 3.8) is 0 Å². The van der Waals surface area contributed by atoms with E-state index in [-0.39, 0.29) is 23.5 Å². The number of halogens is 1. The molecule has 4 aromatic rings. The highest BCUT2D eigenvalue weighted by Crippen LogP contribution is 2.50. The van der Waals surface area contributed by atoms with Gasteiger partial charge in [-0.2, -0.15) is 0 Å². The van der Waals surface area contributed by atoms with Crippen LogP contribution in [-0.2, 0) is 9.59 Å². The normalized spacial score (nSPS) is 19.8. The number of ether oxygens (including phenoxy) is 2. The van der Waals surface area contributed by atoms with Gasteiger partial charge in [-0.25, -0.2) is 9.69 Å². The zero-order chi connectivity index (χ0) is 33.5. The molecule has 0 bridgehead atoms. The third kappa shape index (κ3) is 5.85. The minimum atomic E-state index is -0.766. The predicted molar refractivity (Wildman–Crippen MR) is 195 cm³/mol. The van der Waals surface area contributed by atoms with Crippen LogP contribution < -0.4 is 24.6 Å². The zero-order valence-corrected chi connectivity index (χ0v) is 29.2. The lowest BCUT2D eigenvalue weighted by Crippen LogP contribution is -2.54. The highest BCUT2D eigenvalue weighted by Gasteiger charge is 2.40. The number of carbonyl (C=O) groups excluding carboxylic acids is 3. The maximum absolute atomic E-state index is 14.3. The summed E-state index contributed by atoms with van der Waals surface area (Å²) in [6.45, 7) is 5.71. The van der Waals surface area contributed by atoms with Crippen LogP contribution >= 0.6 is 22.6 Å². The van der Waals surface area contributed by atoms with Crippen LogP contribution in [0.4, 0.5) is 16.2 Å². The Hall–Kier alpha value is -4.64. The van der Waals surface area contributed by atoms with E-state index in [2.05, 4.69) is 57.1 Å². The van der Waals surface area contributed by atoms with E-state index in [4.69, 9.17) is 9.47 Å². The summed E-state index contributed by atoms with van der Waals surface area (Å²) in [5.74, 6) is -0.172. The van der Waals surface area contributed by atoms with E-state index in [0.29, 0.717) is 22.7 Å². The lowest BCUT2D eigenvalue weighted by Gasteiger charge is -2.44. The lowest BCUT2D eigenvalue weighted by atomic mass is 9.76. The van der Waals surface area contributed by atoms with Crippen LogP contribution in [0.3, 0.4) is 0 Å². The minimum Gasteiger partial charge on any atom is -0.493 e. The second-order valence-corrected chi connectivity index (χ2v) is 13.8. The maximum Gasteiger partial charge on any atom is 0.335 e. The van der Waals surface area contributed by atoms with Gasteiger partial charge in [-0.3, -0.25) is 14.9 Å². The number of methoxy groups -OCH3 is 1. The number of hydrogen-bond acceptors (Lipinski definition) is 6. The summed E-state index contributed by atoms with van der Waals surface area (Å²) in [7, 11) is 1.55. The van der Waals surface area contributed by atoms with Gasteiger partial charge >= 0.3 is 6.03 Å². The van der Waals surface area contributed by atoms with Gasteiger partial charge in [-0.1, -0.05) is 60.7 Å². The Kier molecular flexibility index (Phi) is 8.72. The van der Waals surface area contributed by atoms with Crippen LogP contribution in [0.25, 0.3) is 6.08 Å². The number of rotatable bonds is 7. The van der Waals surface area contributed by atoms with Gasteiger partial charge in [0.1, 0.15) is 5.57 Å². The van der Waals surface area contributed by atoms with E-state index in [0.717, 1.165) is 45.5 Å². The zero-order valence-electron chi connectivity index (χ0n) is 27.0. The van der Waals surface area contributed by atoms with E-state index in [1.54, 1.807) is 13.2 Å². The molecule has 0 unspecified atom stereocenters.